The predicted molar refractivity (Wildman–Crippen MR) is 89.1 cm³/mol. The first-order valence-electron chi connectivity index (χ1n) is 8.25. The Labute approximate surface area is 140 Å². The van der Waals surface area contributed by atoms with Gasteiger partial charge in [0.2, 0.25) is 6.33 Å². The molecular weight excluding hydrogens is 306 g/mol. The number of H-pyrrole nitrogens is 1. The third kappa shape index (κ3) is 2.50. The number of hydrogen-bond acceptors (Lipinski definition) is 5. The second-order valence-corrected chi connectivity index (χ2v) is 6.45. The van der Waals surface area contributed by atoms with Gasteiger partial charge in [0.05, 0.1) is 19.8 Å². The highest BCUT2D eigenvalue weighted by Gasteiger charge is 2.39. The van der Waals surface area contributed by atoms with Gasteiger partial charge in [0.15, 0.2) is 17.3 Å². The molecule has 0 saturated heterocycles. The molecule has 7 nitrogen and oxygen atoms in total. The van der Waals surface area contributed by atoms with Crippen molar-refractivity contribution in [1.29, 1.82) is 0 Å². The highest BCUT2D eigenvalue weighted by molar-refractivity contribution is 6.06. The number of ether oxygens (including phenoxy) is 2. The number of hydrogen-bond donors (Lipinski definition) is 2. The zero-order chi connectivity index (χ0) is 16.6. The number of rotatable bonds is 3. The van der Waals surface area contributed by atoms with Crippen LogP contribution in [-0.2, 0) is 6.42 Å². The first-order chi connectivity index (χ1) is 11.7. The summed E-state index contributed by atoms with van der Waals surface area (Å²) in [5.74, 6) is 2.33. The van der Waals surface area contributed by atoms with Crippen LogP contribution in [0.2, 0.25) is 0 Å². The summed E-state index contributed by atoms with van der Waals surface area (Å²) < 4.78 is 12.7. The number of aromatic nitrogens is 3. The van der Waals surface area contributed by atoms with E-state index in [2.05, 4.69) is 21.7 Å². The maximum atomic E-state index is 5.49. The van der Waals surface area contributed by atoms with Gasteiger partial charge in [0, 0.05) is 10.7 Å². The molecule has 0 bridgehead atoms. The molecule has 24 heavy (non-hydrogen) atoms. The molecule has 0 atom stereocenters. The molecule has 4 rings (SSSR count). The minimum atomic E-state index is -0.000765. The van der Waals surface area contributed by atoms with E-state index in [4.69, 9.17) is 14.5 Å². The van der Waals surface area contributed by atoms with Gasteiger partial charge in [0.1, 0.15) is 0 Å². The Morgan fingerprint density at radius 3 is 2.58 bits per heavy atom. The van der Waals surface area contributed by atoms with E-state index in [0.29, 0.717) is 5.75 Å². The molecule has 1 aliphatic heterocycles. The van der Waals surface area contributed by atoms with E-state index in [0.717, 1.165) is 36.4 Å². The first-order valence-corrected chi connectivity index (χ1v) is 8.25. The largest absolute Gasteiger partial charge is 0.493 e. The summed E-state index contributed by atoms with van der Waals surface area (Å²) >= 11 is 0. The fourth-order valence-electron chi connectivity index (χ4n) is 3.79. The van der Waals surface area contributed by atoms with Crippen molar-refractivity contribution in [2.45, 2.75) is 37.6 Å². The molecular formula is C17H22N5O2+. The van der Waals surface area contributed by atoms with E-state index in [1.54, 1.807) is 31.6 Å². The molecule has 1 fully saturated rings. The van der Waals surface area contributed by atoms with E-state index in [1.807, 2.05) is 6.07 Å². The Kier molecular flexibility index (Phi) is 3.63. The van der Waals surface area contributed by atoms with Crippen molar-refractivity contribution < 1.29 is 14.1 Å². The molecule has 2 heterocycles. The highest BCUT2D eigenvalue weighted by atomic mass is 16.5. The average molecular weight is 328 g/mol. The maximum Gasteiger partial charge on any atom is 0.286 e. The summed E-state index contributed by atoms with van der Waals surface area (Å²) in [4.78, 5) is 5.11. The Hall–Kier alpha value is -2.57. The average Bonchev–Trinajstić information content (AvgIpc) is 3.26. The number of aliphatic imine (C=N–C) groups is 1. The van der Waals surface area contributed by atoms with Crippen LogP contribution >= 0.6 is 0 Å². The van der Waals surface area contributed by atoms with Crippen LogP contribution < -0.4 is 19.6 Å². The van der Waals surface area contributed by atoms with Gasteiger partial charge in [-0.2, -0.15) is 0 Å². The molecule has 0 radical (unpaired) electrons. The zero-order valence-electron chi connectivity index (χ0n) is 14.0. The van der Waals surface area contributed by atoms with Crippen molar-refractivity contribution in [3.63, 3.8) is 0 Å². The van der Waals surface area contributed by atoms with Gasteiger partial charge < -0.3 is 9.47 Å². The lowest BCUT2D eigenvalue weighted by Crippen LogP contribution is -2.49. The number of fused-ring (bicyclic) bond motifs is 1. The normalized spacial score (nSPS) is 18.2. The smallest absolute Gasteiger partial charge is 0.286 e. The third-order valence-corrected chi connectivity index (χ3v) is 4.96. The molecule has 1 saturated carbocycles. The van der Waals surface area contributed by atoms with Gasteiger partial charge in [0.25, 0.3) is 6.33 Å². The van der Waals surface area contributed by atoms with Gasteiger partial charge in [-0.25, -0.2) is 5.43 Å². The lowest BCUT2D eigenvalue weighted by molar-refractivity contribution is -0.640. The summed E-state index contributed by atoms with van der Waals surface area (Å²) in [5.41, 5.74) is 5.63. The number of nitrogens with one attached hydrogen (secondary N) is 2. The SMILES string of the molecule is COc1cc2c(cc1OC)C(N[n+]1cn[nH]c1)=NC1(CCCC1)C2. The molecule has 2 aromatic rings. The minimum absolute atomic E-state index is 0.000765. The van der Waals surface area contributed by atoms with Crippen molar-refractivity contribution in [2.24, 2.45) is 4.99 Å². The van der Waals surface area contributed by atoms with Crippen molar-refractivity contribution in [2.75, 3.05) is 19.6 Å². The van der Waals surface area contributed by atoms with E-state index >= 15 is 0 Å². The molecule has 2 N–H and O–H groups in total. The van der Waals surface area contributed by atoms with Crippen LogP contribution in [0.25, 0.3) is 0 Å². The first kappa shape index (κ1) is 15.0. The molecule has 1 aromatic carbocycles. The minimum Gasteiger partial charge on any atom is -0.493 e. The Bertz CT molecular complexity index is 764. The Morgan fingerprint density at radius 2 is 1.92 bits per heavy atom. The van der Waals surface area contributed by atoms with E-state index in [9.17, 15) is 0 Å². The van der Waals surface area contributed by atoms with Crippen LogP contribution in [0.3, 0.4) is 0 Å². The van der Waals surface area contributed by atoms with Crippen molar-refractivity contribution in [1.82, 2.24) is 10.2 Å². The van der Waals surface area contributed by atoms with Crippen molar-refractivity contribution in [3.05, 3.63) is 35.9 Å². The van der Waals surface area contributed by atoms with Gasteiger partial charge in [-0.05, 0) is 37.0 Å². The molecule has 1 spiro atoms. The summed E-state index contributed by atoms with van der Waals surface area (Å²) in [6, 6.07) is 4.09. The van der Waals surface area contributed by atoms with Gasteiger partial charge >= 0.3 is 0 Å². The predicted octanol–water partition coefficient (Wildman–Crippen LogP) is 1.57. The zero-order valence-corrected chi connectivity index (χ0v) is 14.0. The molecule has 0 amide bonds. The summed E-state index contributed by atoms with van der Waals surface area (Å²) in [7, 11) is 3.33. The van der Waals surface area contributed by atoms with Gasteiger partial charge in [-0.1, -0.05) is 12.8 Å². The number of nitrogens with zero attached hydrogens (tertiary/aromatic N) is 3. The Morgan fingerprint density at radius 1 is 1.17 bits per heavy atom. The number of methoxy groups -OCH3 is 2. The number of benzene rings is 1. The molecule has 0 unspecified atom stereocenters. The van der Waals surface area contributed by atoms with Crippen LogP contribution in [-0.4, -0.2) is 35.8 Å². The number of amidine groups is 1. The Balaban J connectivity index is 1.81. The lowest BCUT2D eigenvalue weighted by Gasteiger charge is -2.32. The lowest BCUT2D eigenvalue weighted by atomic mass is 9.84. The summed E-state index contributed by atoms with van der Waals surface area (Å²) in [5, 5.41) is 6.77. The van der Waals surface area contributed by atoms with Crippen LogP contribution in [0.15, 0.2) is 29.8 Å². The highest BCUT2D eigenvalue weighted by Crippen LogP contribution is 2.42. The monoisotopic (exact) mass is 328 g/mol. The van der Waals surface area contributed by atoms with Crippen molar-refractivity contribution in [3.8, 4) is 11.5 Å². The fourth-order valence-corrected chi connectivity index (χ4v) is 3.79. The van der Waals surface area contributed by atoms with Crippen LogP contribution in [0.1, 0.15) is 36.8 Å². The second-order valence-electron chi connectivity index (χ2n) is 6.45. The molecule has 1 aromatic heterocycles. The molecule has 126 valence electrons. The number of aromatic amines is 1. The van der Waals surface area contributed by atoms with E-state index < -0.39 is 0 Å². The van der Waals surface area contributed by atoms with Gasteiger partial charge in [-0.15, -0.1) is 9.77 Å². The standard InChI is InChI=1S/C17H21N5O2/c1-23-14-7-12-9-17(5-3-4-6-17)20-16(13(12)8-15(14)24-2)21-22-10-18-19-11-22/h7-8,10-11H,3-6,9H2,1-2H3,(H,20,21)/p+1. The third-order valence-electron chi connectivity index (χ3n) is 4.96. The van der Waals surface area contributed by atoms with Crippen molar-refractivity contribution >= 4 is 5.84 Å². The summed E-state index contributed by atoms with van der Waals surface area (Å²) in [6.45, 7) is 0. The molecule has 2 aliphatic rings. The van der Waals surface area contributed by atoms with E-state index in [1.165, 1.54) is 18.4 Å². The molecule has 1 aliphatic carbocycles. The van der Waals surface area contributed by atoms with Crippen LogP contribution in [0.5, 0.6) is 11.5 Å². The second kappa shape index (κ2) is 5.81. The fraction of sp³-hybridized carbons (Fsp3) is 0.471. The van der Waals surface area contributed by atoms with Crippen LogP contribution in [0.4, 0.5) is 0 Å². The van der Waals surface area contributed by atoms with Gasteiger partial charge in [-0.3, -0.25) is 4.99 Å². The summed E-state index contributed by atoms with van der Waals surface area (Å²) in [6.07, 6.45) is 9.10. The van der Waals surface area contributed by atoms with Crippen LogP contribution in [0, 0.1) is 0 Å². The quantitative estimate of drug-likeness (QED) is 0.839. The van der Waals surface area contributed by atoms with E-state index in [-0.39, 0.29) is 5.54 Å². The molecule has 7 heteroatoms. The maximum absolute atomic E-state index is 5.49. The topological polar surface area (TPSA) is 75.4 Å².